The number of esters is 1. The highest BCUT2D eigenvalue weighted by Gasteiger charge is 2.18. The molecule has 3 N–H and O–H groups in total. The molecule has 0 fully saturated rings. The second-order valence-electron chi connectivity index (χ2n) is 3.31. The molecule has 0 spiro atoms. The number of benzene rings is 1. The third kappa shape index (κ3) is 2.79. The second kappa shape index (κ2) is 5.60. The van der Waals surface area contributed by atoms with E-state index in [9.17, 15) is 15.0 Å². The van der Waals surface area contributed by atoms with Crippen molar-refractivity contribution in [1.29, 1.82) is 0 Å². The van der Waals surface area contributed by atoms with Crippen LogP contribution >= 0.6 is 0 Å². The SMILES string of the molecule is COC(=O)c1cccc(C(O)C(O)CO)c1. The molecule has 88 valence electrons. The number of hydrogen-bond donors (Lipinski definition) is 3. The van der Waals surface area contributed by atoms with Crippen molar-refractivity contribution in [3.05, 3.63) is 35.4 Å². The van der Waals surface area contributed by atoms with E-state index in [1.54, 1.807) is 12.1 Å². The zero-order valence-electron chi connectivity index (χ0n) is 8.83. The van der Waals surface area contributed by atoms with Gasteiger partial charge in [0.05, 0.1) is 19.3 Å². The number of aliphatic hydroxyl groups excluding tert-OH is 3. The number of hydrogen-bond acceptors (Lipinski definition) is 5. The minimum atomic E-state index is -1.27. The number of methoxy groups -OCH3 is 1. The van der Waals surface area contributed by atoms with Crippen LogP contribution < -0.4 is 0 Å². The fraction of sp³-hybridized carbons (Fsp3) is 0.364. The molecule has 16 heavy (non-hydrogen) atoms. The number of carbonyl (C=O) groups is 1. The van der Waals surface area contributed by atoms with Gasteiger partial charge in [0.15, 0.2) is 0 Å². The van der Waals surface area contributed by atoms with E-state index in [0.29, 0.717) is 5.56 Å². The van der Waals surface area contributed by atoms with E-state index >= 15 is 0 Å². The Morgan fingerprint density at radius 2 is 2.12 bits per heavy atom. The van der Waals surface area contributed by atoms with E-state index in [4.69, 9.17) is 5.11 Å². The van der Waals surface area contributed by atoms with Gasteiger partial charge in [-0.15, -0.1) is 0 Å². The van der Waals surface area contributed by atoms with E-state index in [2.05, 4.69) is 4.74 Å². The third-order valence-corrected chi connectivity index (χ3v) is 2.20. The Balaban J connectivity index is 2.94. The van der Waals surface area contributed by atoms with Crippen molar-refractivity contribution in [2.75, 3.05) is 13.7 Å². The fourth-order valence-corrected chi connectivity index (χ4v) is 1.29. The lowest BCUT2D eigenvalue weighted by atomic mass is 10.0. The van der Waals surface area contributed by atoms with Gasteiger partial charge in [0.2, 0.25) is 0 Å². The van der Waals surface area contributed by atoms with Crippen molar-refractivity contribution < 1.29 is 24.9 Å². The maximum atomic E-state index is 11.2. The number of ether oxygens (including phenoxy) is 1. The van der Waals surface area contributed by atoms with Crippen LogP contribution in [0.25, 0.3) is 0 Å². The summed E-state index contributed by atoms with van der Waals surface area (Å²) in [5.41, 5.74) is 0.633. The topological polar surface area (TPSA) is 87.0 Å². The number of rotatable bonds is 4. The van der Waals surface area contributed by atoms with E-state index in [1.807, 2.05) is 0 Å². The van der Waals surface area contributed by atoms with Gasteiger partial charge in [0.25, 0.3) is 0 Å². The van der Waals surface area contributed by atoms with Crippen molar-refractivity contribution >= 4 is 5.97 Å². The Bertz CT molecular complexity index is 363. The maximum absolute atomic E-state index is 11.2. The first-order valence-corrected chi connectivity index (χ1v) is 4.75. The summed E-state index contributed by atoms with van der Waals surface area (Å²) in [6.07, 6.45) is -2.50. The second-order valence-corrected chi connectivity index (χ2v) is 3.31. The first-order valence-electron chi connectivity index (χ1n) is 4.75. The summed E-state index contributed by atoms with van der Waals surface area (Å²) in [5.74, 6) is -0.521. The van der Waals surface area contributed by atoms with Crippen molar-refractivity contribution in [3.63, 3.8) is 0 Å². The molecule has 0 aliphatic carbocycles. The Kier molecular flexibility index (Phi) is 4.42. The molecule has 2 atom stereocenters. The van der Waals surface area contributed by atoms with E-state index in [-0.39, 0.29) is 5.56 Å². The predicted octanol–water partition coefficient (Wildman–Crippen LogP) is -0.140. The van der Waals surface area contributed by atoms with Gasteiger partial charge in [-0.3, -0.25) is 0 Å². The Labute approximate surface area is 92.9 Å². The summed E-state index contributed by atoms with van der Waals surface area (Å²) >= 11 is 0. The number of aliphatic hydroxyl groups is 3. The molecule has 0 saturated heterocycles. The summed E-state index contributed by atoms with van der Waals surface area (Å²) in [7, 11) is 1.26. The molecule has 0 bridgehead atoms. The molecular weight excluding hydrogens is 212 g/mol. The third-order valence-electron chi connectivity index (χ3n) is 2.20. The number of carbonyl (C=O) groups excluding carboxylic acids is 1. The predicted molar refractivity (Wildman–Crippen MR) is 55.8 cm³/mol. The molecule has 0 amide bonds. The van der Waals surface area contributed by atoms with Crippen molar-refractivity contribution in [2.24, 2.45) is 0 Å². The molecule has 0 radical (unpaired) electrons. The van der Waals surface area contributed by atoms with Gasteiger partial charge in [-0.05, 0) is 17.7 Å². The first-order chi connectivity index (χ1) is 7.60. The average molecular weight is 226 g/mol. The van der Waals surface area contributed by atoms with Crippen LogP contribution in [0.5, 0.6) is 0 Å². The highest BCUT2D eigenvalue weighted by atomic mass is 16.5. The molecule has 2 unspecified atom stereocenters. The largest absolute Gasteiger partial charge is 0.465 e. The van der Waals surface area contributed by atoms with E-state index in [0.717, 1.165) is 0 Å². The molecule has 0 saturated carbocycles. The van der Waals surface area contributed by atoms with Crippen LogP contribution in [0.4, 0.5) is 0 Å². The monoisotopic (exact) mass is 226 g/mol. The van der Waals surface area contributed by atoms with Gasteiger partial charge in [-0.1, -0.05) is 12.1 Å². The van der Waals surface area contributed by atoms with Crippen molar-refractivity contribution in [1.82, 2.24) is 0 Å². The molecule has 0 aliphatic heterocycles. The molecule has 1 rings (SSSR count). The normalized spacial score (nSPS) is 14.2. The standard InChI is InChI=1S/C11H14O5/c1-16-11(15)8-4-2-3-7(5-8)10(14)9(13)6-12/h2-5,9-10,12-14H,6H2,1H3. The van der Waals surface area contributed by atoms with Gasteiger partial charge in [-0.2, -0.15) is 0 Å². The molecular formula is C11H14O5. The lowest BCUT2D eigenvalue weighted by Crippen LogP contribution is -2.22. The van der Waals surface area contributed by atoms with E-state index in [1.165, 1.54) is 19.2 Å². The highest BCUT2D eigenvalue weighted by molar-refractivity contribution is 5.89. The van der Waals surface area contributed by atoms with Crippen molar-refractivity contribution in [2.45, 2.75) is 12.2 Å². The van der Waals surface area contributed by atoms with Crippen LogP contribution in [-0.2, 0) is 4.74 Å². The van der Waals surface area contributed by atoms with E-state index < -0.39 is 24.8 Å². The molecule has 0 aromatic heterocycles. The quantitative estimate of drug-likeness (QED) is 0.622. The van der Waals surface area contributed by atoms with Crippen molar-refractivity contribution in [3.8, 4) is 0 Å². The van der Waals surface area contributed by atoms with Crippen LogP contribution in [0.15, 0.2) is 24.3 Å². The lowest BCUT2D eigenvalue weighted by molar-refractivity contribution is -0.0153. The van der Waals surface area contributed by atoms with Gasteiger partial charge in [0.1, 0.15) is 12.2 Å². The lowest BCUT2D eigenvalue weighted by Gasteiger charge is -2.16. The van der Waals surface area contributed by atoms with Crippen LogP contribution in [0.3, 0.4) is 0 Å². The summed E-state index contributed by atoms with van der Waals surface area (Å²) in [6, 6.07) is 6.06. The maximum Gasteiger partial charge on any atom is 0.337 e. The highest BCUT2D eigenvalue weighted by Crippen LogP contribution is 2.18. The summed E-state index contributed by atoms with van der Waals surface area (Å²) < 4.78 is 4.53. The zero-order valence-corrected chi connectivity index (χ0v) is 8.83. The fourth-order valence-electron chi connectivity index (χ4n) is 1.29. The Hall–Kier alpha value is -1.43. The van der Waals surface area contributed by atoms with Gasteiger partial charge in [0, 0.05) is 0 Å². The molecule has 1 aromatic carbocycles. The summed E-state index contributed by atoms with van der Waals surface area (Å²) in [5, 5.41) is 27.5. The van der Waals surface area contributed by atoms with Gasteiger partial charge in [-0.25, -0.2) is 4.79 Å². The summed E-state index contributed by atoms with van der Waals surface area (Å²) in [4.78, 5) is 11.2. The van der Waals surface area contributed by atoms with Crippen LogP contribution in [-0.4, -0.2) is 41.1 Å². The van der Waals surface area contributed by atoms with Gasteiger partial charge < -0.3 is 20.1 Å². The smallest absolute Gasteiger partial charge is 0.337 e. The average Bonchev–Trinajstić information content (AvgIpc) is 2.36. The minimum Gasteiger partial charge on any atom is -0.465 e. The molecule has 1 aromatic rings. The molecule has 5 nitrogen and oxygen atoms in total. The van der Waals surface area contributed by atoms with Crippen LogP contribution in [0.1, 0.15) is 22.0 Å². The molecule has 0 aliphatic rings. The van der Waals surface area contributed by atoms with Crippen LogP contribution in [0, 0.1) is 0 Å². The summed E-state index contributed by atoms with van der Waals surface area (Å²) in [6.45, 7) is -0.552. The minimum absolute atomic E-state index is 0.282. The molecule has 5 heteroatoms. The van der Waals surface area contributed by atoms with Crippen LogP contribution in [0.2, 0.25) is 0 Å². The Morgan fingerprint density at radius 3 is 2.69 bits per heavy atom. The van der Waals surface area contributed by atoms with Gasteiger partial charge >= 0.3 is 5.97 Å². The molecule has 0 heterocycles. The first kappa shape index (κ1) is 12.6. The Morgan fingerprint density at radius 1 is 1.44 bits per heavy atom. The zero-order chi connectivity index (χ0) is 12.1.